The highest BCUT2D eigenvalue weighted by Gasteiger charge is 2.53. The standard InChI is InChI=1S/C93H136N10O24/c1-59-16-12-11-13-17-60(2)76(113-8)54-71-24-19-65(7)93(112,127-71)86(108)89(109)102-30-15-14-18-73(102)90(110)124-78(55-77(114-9)61(3)49-64(6)84(106)85(107)83(105)63(5)48-59)62(4)50-66-21-25-75(79(52-66)115-10)126-92(111)96-29-33-117-35-37-119-39-41-121-43-45-123-47-46-122-44-42-120-40-38-118-36-34-116-32-28-80(104)101-31-27-68-51-67(20-22-70(68)57-101)56-103-88-81(87(94)97-58-98-88)82(100-103)69-23-26-74-72(53-69)99-91(95)125-74/h11-13,16-17,20,22-23,26,49,51,53,58-59,61-63,65-66,71,73,75-79,84-85,106-107,112H,14-15,18-19,21,24-25,27-48,50,52,54-57H2,1-10H3,(H2,95,99)(H,96,111)(H2,94,97,98)/b13-11+,16-12+,60-17+,64-49+/t59-,61-,62-,63-,65-,66+,71+,73+,75-,76+,77-,78+,79-,84-,85+,93-/m1/s1. The van der Waals surface area contributed by atoms with Crippen LogP contribution in [0, 0.1) is 35.5 Å². The zero-order valence-electron chi connectivity index (χ0n) is 75.6. The van der Waals surface area contributed by atoms with E-state index >= 15 is 0 Å². The molecule has 3 aromatic heterocycles. The number of alkyl carbamates (subject to hydrolysis) is 1. The zero-order valence-corrected chi connectivity index (χ0v) is 75.6. The van der Waals surface area contributed by atoms with Crippen LogP contribution in [0.1, 0.15) is 149 Å². The summed E-state index contributed by atoms with van der Waals surface area (Å²) in [4.78, 5) is 100. The van der Waals surface area contributed by atoms with E-state index in [0.29, 0.717) is 222 Å². The molecule has 2 aromatic carbocycles. The number of methoxy groups -OCH3 is 3. The molecule has 16 atom stereocenters. The number of aliphatic hydroxyl groups is 3. The van der Waals surface area contributed by atoms with Crippen molar-refractivity contribution in [2.75, 3.05) is 158 Å². The van der Waals surface area contributed by atoms with Crippen molar-refractivity contribution < 1.29 is 115 Å². The van der Waals surface area contributed by atoms with E-state index in [4.69, 9.17) is 87.3 Å². The first-order valence-corrected chi connectivity index (χ1v) is 45.0. The molecule has 702 valence electrons. The number of oxazole rings is 1. The minimum Gasteiger partial charge on any atom is -0.460 e. The zero-order chi connectivity index (χ0) is 90.9. The van der Waals surface area contributed by atoms with Crippen LogP contribution in [0.5, 0.6) is 0 Å². The fraction of sp³-hybridized carbons (Fsp3) is 0.656. The van der Waals surface area contributed by atoms with Gasteiger partial charge in [0.25, 0.3) is 17.7 Å². The highest BCUT2D eigenvalue weighted by molar-refractivity contribution is 6.39. The largest absolute Gasteiger partial charge is 0.460 e. The maximum atomic E-state index is 14.9. The number of rotatable bonds is 37. The molecule has 4 aliphatic heterocycles. The van der Waals surface area contributed by atoms with Gasteiger partial charge in [0.05, 0.1) is 148 Å². The summed E-state index contributed by atoms with van der Waals surface area (Å²) in [5.41, 5.74) is 19.9. The Morgan fingerprint density at radius 1 is 0.685 bits per heavy atom. The van der Waals surface area contributed by atoms with E-state index in [0.717, 1.165) is 28.7 Å². The minimum absolute atomic E-state index is 0.0319. The number of allylic oxidation sites excluding steroid dienone is 5. The maximum Gasteiger partial charge on any atom is 0.407 e. The Labute approximate surface area is 744 Å². The van der Waals surface area contributed by atoms with Crippen LogP contribution in [0.3, 0.4) is 0 Å². The normalized spacial score (nSPS) is 27.6. The summed E-state index contributed by atoms with van der Waals surface area (Å²) in [6, 6.07) is 10.8. The second-order valence-electron chi connectivity index (χ2n) is 34.1. The van der Waals surface area contributed by atoms with Crippen LogP contribution in [-0.2, 0) is 110 Å². The van der Waals surface area contributed by atoms with Crippen LogP contribution >= 0.6 is 0 Å². The van der Waals surface area contributed by atoms with Crippen LogP contribution in [-0.4, -0.2) is 293 Å². The summed E-state index contributed by atoms with van der Waals surface area (Å²) < 4.78 is 89.1. The summed E-state index contributed by atoms with van der Waals surface area (Å²) >= 11 is 0. The van der Waals surface area contributed by atoms with Crippen molar-refractivity contribution in [3.8, 4) is 11.3 Å². The quantitative estimate of drug-likeness (QED) is 0.00934. The molecule has 127 heavy (non-hydrogen) atoms. The van der Waals surface area contributed by atoms with Gasteiger partial charge in [-0.05, 0) is 148 Å². The lowest BCUT2D eigenvalue weighted by atomic mass is 9.78. The predicted octanol–water partition coefficient (Wildman–Crippen LogP) is 8.97. The Hall–Kier alpha value is -8.56. The first-order valence-electron chi connectivity index (χ1n) is 45.0. The van der Waals surface area contributed by atoms with Gasteiger partial charge in [0, 0.05) is 83.7 Å². The number of hydrogen-bond acceptors (Lipinski definition) is 30. The number of ketones is 2. The molecule has 3 fully saturated rings. The average Bonchev–Trinajstić information content (AvgIpc) is 1.71. The number of nitrogens with zero attached hydrogens (tertiary/aromatic N) is 7. The molecule has 0 unspecified atom stereocenters. The highest BCUT2D eigenvalue weighted by atomic mass is 16.6. The molecule has 34 heteroatoms. The van der Waals surface area contributed by atoms with E-state index < -0.39 is 108 Å². The van der Waals surface area contributed by atoms with Crippen molar-refractivity contribution in [1.82, 2.24) is 39.8 Å². The third-order valence-corrected chi connectivity index (χ3v) is 24.7. The molecular formula is C93H136N10O24. The SMILES string of the molecule is CO[C@H]1C[C@@H]2CC[C@@H](C)[C@@](O)(O2)C(=O)C(=O)N2CCCC[C@H]2C(=O)O[C@H]([C@H](C)C[C@@H]2CC[C@@H](OC(=O)NCCOCCOCCOCCOCCOCCOCCOCCOCCC(=O)N3CCc4cc(Cn5nc(-c6ccc7oc(N)nc7c6)c6c(N)ncnc65)ccc4C3)[C@H](OC)C2)C[C@@H](OC)[C@H](C)/C=C(\C)[C@@H](O)[C@@H](O)C(=O)[C@H](C)C[C@H](C)/C=C/C=C/C=C/1C. The number of Topliss-reactive ketones (excluding diaryl/α,β-unsaturated/α-hetero) is 2. The van der Waals surface area contributed by atoms with E-state index in [9.17, 15) is 44.1 Å². The minimum atomic E-state index is -2.46. The average molecular weight is 1780 g/mol. The van der Waals surface area contributed by atoms with Crippen LogP contribution < -0.4 is 16.8 Å². The van der Waals surface area contributed by atoms with Crippen molar-refractivity contribution in [3.05, 3.63) is 107 Å². The predicted molar refractivity (Wildman–Crippen MR) is 471 cm³/mol. The van der Waals surface area contributed by atoms with Crippen LogP contribution in [0.2, 0.25) is 0 Å². The number of esters is 1. The lowest BCUT2D eigenvalue weighted by molar-refractivity contribution is -0.265. The number of carbonyl (C=O) groups is 6. The van der Waals surface area contributed by atoms with E-state index in [1.54, 1.807) is 47.1 Å². The van der Waals surface area contributed by atoms with Gasteiger partial charge in [-0.1, -0.05) is 89.3 Å². The van der Waals surface area contributed by atoms with Crippen molar-refractivity contribution in [2.24, 2.45) is 35.5 Å². The first-order chi connectivity index (χ1) is 61.3. The number of anilines is 2. The third kappa shape index (κ3) is 29.5. The second-order valence-corrected chi connectivity index (χ2v) is 34.1. The number of nitrogens with two attached hydrogens (primary N) is 2. The molecule has 1 saturated carbocycles. The molecule has 2 saturated heterocycles. The number of amides is 3. The van der Waals surface area contributed by atoms with Gasteiger partial charge in [-0.2, -0.15) is 10.1 Å². The second kappa shape index (κ2) is 51.1. The number of carbonyl (C=O) groups excluding carboxylic acids is 6. The fourth-order valence-electron chi connectivity index (χ4n) is 17.3. The van der Waals surface area contributed by atoms with Crippen molar-refractivity contribution in [1.29, 1.82) is 0 Å². The smallest absolute Gasteiger partial charge is 0.407 e. The van der Waals surface area contributed by atoms with Crippen molar-refractivity contribution in [2.45, 2.75) is 212 Å². The maximum absolute atomic E-state index is 14.9. The lowest BCUT2D eigenvalue weighted by Crippen LogP contribution is -2.61. The molecule has 8 N–H and O–H groups in total. The molecule has 0 radical (unpaired) electrons. The molecular weight excluding hydrogens is 1640 g/mol. The number of aromatic nitrogens is 5. The number of cyclic esters (lactones) is 1. The van der Waals surface area contributed by atoms with Crippen LogP contribution in [0.4, 0.5) is 16.6 Å². The topological polar surface area (TPSA) is 433 Å². The van der Waals surface area contributed by atoms with Crippen LogP contribution in [0.15, 0.2) is 94.7 Å². The van der Waals surface area contributed by atoms with Gasteiger partial charge in [-0.3, -0.25) is 19.2 Å². The van der Waals surface area contributed by atoms with Gasteiger partial charge >= 0.3 is 12.1 Å². The van der Waals surface area contributed by atoms with Gasteiger partial charge in [0.15, 0.2) is 17.0 Å². The van der Waals surface area contributed by atoms with Gasteiger partial charge in [-0.15, -0.1) is 0 Å². The number of ether oxygens (including phenoxy) is 14. The molecule has 2 bridgehead atoms. The Morgan fingerprint density at radius 3 is 2.02 bits per heavy atom. The van der Waals surface area contributed by atoms with Crippen molar-refractivity contribution in [3.63, 3.8) is 0 Å². The summed E-state index contributed by atoms with van der Waals surface area (Å²) in [7, 11) is 4.68. The number of piperidine rings is 1. The summed E-state index contributed by atoms with van der Waals surface area (Å²) in [5.74, 6) is -7.57. The third-order valence-electron chi connectivity index (χ3n) is 24.7. The molecule has 5 aromatic rings. The number of nitrogens with one attached hydrogen (secondary N) is 1. The number of benzene rings is 2. The molecule has 10 rings (SSSR count). The van der Waals surface area contributed by atoms with Gasteiger partial charge < -0.3 is 113 Å². The Morgan fingerprint density at radius 2 is 1.35 bits per heavy atom. The van der Waals surface area contributed by atoms with E-state index in [1.807, 2.05) is 79.8 Å². The number of fused-ring (bicyclic) bond motifs is 6. The molecule has 7 heterocycles. The number of hydrogen-bond donors (Lipinski definition) is 6. The molecule has 0 spiro atoms. The summed E-state index contributed by atoms with van der Waals surface area (Å²) in [6.07, 6.45) is 11.6. The Bertz CT molecular complexity index is 4460. The van der Waals surface area contributed by atoms with Gasteiger partial charge in [-0.25, -0.2) is 24.2 Å². The summed E-state index contributed by atoms with van der Waals surface area (Å²) in [6.45, 7) is 20.5. The number of nitrogen functional groups attached to an aromatic ring is 2. The molecule has 3 amide bonds. The monoisotopic (exact) mass is 1780 g/mol. The van der Waals surface area contributed by atoms with E-state index in [2.05, 4.69) is 38.5 Å². The number of aliphatic hydroxyl groups excluding tert-OH is 2. The summed E-state index contributed by atoms with van der Waals surface area (Å²) in [5, 5.41) is 43.3. The fourth-order valence-corrected chi connectivity index (χ4v) is 17.3. The van der Waals surface area contributed by atoms with Gasteiger partial charge in [0.1, 0.15) is 53.8 Å². The lowest BCUT2D eigenvalue weighted by Gasteiger charge is -2.43. The molecule has 5 aliphatic rings. The van der Waals surface area contributed by atoms with E-state index in [1.165, 1.54) is 23.9 Å². The van der Waals surface area contributed by atoms with E-state index in [-0.39, 0.29) is 68.6 Å². The van der Waals surface area contributed by atoms with Crippen molar-refractivity contribution >= 4 is 69.4 Å². The Kier molecular flexibility index (Phi) is 40.5. The molecule has 34 nitrogen and oxygen atoms in total. The Balaban J connectivity index is 0.553. The van der Waals surface area contributed by atoms with Gasteiger partial charge in [0.2, 0.25) is 11.7 Å². The highest BCUT2D eigenvalue weighted by Crippen LogP contribution is 2.40. The first kappa shape index (κ1) is 101. The molecule has 1 aliphatic carbocycles. The van der Waals surface area contributed by atoms with Crippen LogP contribution in [0.25, 0.3) is 33.4 Å².